The second-order valence-corrected chi connectivity index (χ2v) is 8.44. The smallest absolute Gasteiger partial charge is 0.274 e. The number of rotatable bonds is 8. The summed E-state index contributed by atoms with van der Waals surface area (Å²) in [6.45, 7) is 0. The highest BCUT2D eigenvalue weighted by Gasteiger charge is 2.14. The van der Waals surface area contributed by atoms with Crippen LogP contribution in [0.5, 0.6) is 5.75 Å². The third-order valence-corrected chi connectivity index (χ3v) is 5.78. The van der Waals surface area contributed by atoms with E-state index in [1.54, 1.807) is 13.2 Å². The van der Waals surface area contributed by atoms with Crippen molar-refractivity contribution in [1.82, 2.24) is 4.98 Å². The number of benzene rings is 4. The van der Waals surface area contributed by atoms with Crippen LogP contribution in [0.25, 0.3) is 0 Å². The minimum atomic E-state index is -0.336. The van der Waals surface area contributed by atoms with Crippen LogP contribution in [-0.4, -0.2) is 23.7 Å². The molecule has 0 bridgehead atoms. The zero-order valence-electron chi connectivity index (χ0n) is 20.8. The number of para-hydroxylation sites is 3. The number of methoxy groups -OCH3 is 1. The van der Waals surface area contributed by atoms with Gasteiger partial charge in [-0.3, -0.25) is 4.79 Å². The Balaban J connectivity index is 1.60. The van der Waals surface area contributed by atoms with Gasteiger partial charge in [-0.05, 0) is 30.3 Å². The molecule has 1 heterocycles. The first-order chi connectivity index (χ1) is 18.7. The third kappa shape index (κ3) is 5.94. The summed E-state index contributed by atoms with van der Waals surface area (Å²) >= 11 is 0. The molecule has 4 aromatic carbocycles. The first-order valence-corrected chi connectivity index (χ1v) is 12.2. The molecular weight excluding hydrogens is 472 g/mol. The Hall–Kier alpha value is -5.23. The van der Waals surface area contributed by atoms with Crippen LogP contribution in [0.1, 0.15) is 21.6 Å². The molecule has 0 aliphatic carbocycles. The van der Waals surface area contributed by atoms with E-state index >= 15 is 0 Å². The molecule has 0 fully saturated rings. The zero-order valence-corrected chi connectivity index (χ0v) is 20.8. The lowest BCUT2D eigenvalue weighted by Gasteiger charge is -2.13. The van der Waals surface area contributed by atoms with Crippen molar-refractivity contribution in [1.29, 1.82) is 0 Å². The van der Waals surface area contributed by atoms with Crippen LogP contribution >= 0.6 is 0 Å². The maximum Gasteiger partial charge on any atom is 0.274 e. The molecule has 1 amide bonds. The molecule has 5 rings (SSSR count). The topological polar surface area (TPSA) is 75.6 Å². The van der Waals surface area contributed by atoms with Gasteiger partial charge in [0.2, 0.25) is 0 Å². The number of hydrogen-bond acceptors (Lipinski definition) is 5. The Morgan fingerprint density at radius 2 is 1.29 bits per heavy atom. The number of carbonyl (C=O) groups excluding carboxylic acids is 1. The molecule has 1 aromatic heterocycles. The van der Waals surface area contributed by atoms with Crippen LogP contribution < -0.4 is 15.4 Å². The van der Waals surface area contributed by atoms with Gasteiger partial charge in [0, 0.05) is 28.6 Å². The summed E-state index contributed by atoms with van der Waals surface area (Å²) in [7, 11) is 1.62. The van der Waals surface area contributed by atoms with Gasteiger partial charge in [-0.2, -0.15) is 0 Å². The molecule has 0 aliphatic rings. The summed E-state index contributed by atoms with van der Waals surface area (Å²) in [4.78, 5) is 22.8. The largest absolute Gasteiger partial charge is 0.495 e. The first kappa shape index (κ1) is 24.5. The lowest BCUT2D eigenvalue weighted by Crippen LogP contribution is -2.14. The van der Waals surface area contributed by atoms with Crippen molar-refractivity contribution in [2.24, 2.45) is 4.99 Å². The van der Waals surface area contributed by atoms with Gasteiger partial charge >= 0.3 is 0 Å². The van der Waals surface area contributed by atoms with Gasteiger partial charge in [0.25, 0.3) is 5.91 Å². The molecule has 0 spiro atoms. The number of hydrogen-bond donors (Lipinski definition) is 2. The standard InChI is InChI=1S/C32H26N4O2/c1-38-29-20-12-11-19-27(29)33-26-21-28(32(37)34-25-17-9-4-10-18-25)35-30(22-26)36-31(23-13-5-2-6-14-23)24-15-7-3-8-16-24/h2-22H,1H3,(H,33,35)(H,34,37). The fourth-order valence-corrected chi connectivity index (χ4v) is 3.98. The zero-order chi connectivity index (χ0) is 26.2. The SMILES string of the molecule is COc1ccccc1Nc1cc(N=C(c2ccccc2)c2ccccc2)nc(C(=O)Nc2ccccc2)c1. The van der Waals surface area contributed by atoms with Gasteiger partial charge in [0.15, 0.2) is 5.82 Å². The number of nitrogens with one attached hydrogen (secondary N) is 2. The second-order valence-electron chi connectivity index (χ2n) is 8.44. The molecule has 0 aliphatic heterocycles. The van der Waals surface area contributed by atoms with Crippen molar-refractivity contribution in [3.8, 4) is 5.75 Å². The quantitative estimate of drug-likeness (QED) is 0.221. The fraction of sp³-hybridized carbons (Fsp3) is 0.0312. The molecule has 0 atom stereocenters. The molecule has 5 aromatic rings. The van der Waals surface area contributed by atoms with Crippen molar-refractivity contribution in [2.45, 2.75) is 0 Å². The van der Waals surface area contributed by atoms with Gasteiger partial charge in [0.05, 0.1) is 18.5 Å². The van der Waals surface area contributed by atoms with Crippen LogP contribution in [0.4, 0.5) is 22.9 Å². The van der Waals surface area contributed by atoms with Crippen molar-refractivity contribution >= 4 is 34.5 Å². The van der Waals surface area contributed by atoms with E-state index in [1.807, 2.05) is 121 Å². The van der Waals surface area contributed by atoms with Gasteiger partial charge in [-0.25, -0.2) is 9.98 Å². The van der Waals surface area contributed by atoms with Gasteiger partial charge in [-0.1, -0.05) is 91.0 Å². The Labute approximate surface area is 221 Å². The third-order valence-electron chi connectivity index (χ3n) is 5.78. The molecule has 38 heavy (non-hydrogen) atoms. The molecular formula is C32H26N4O2. The van der Waals surface area contributed by atoms with E-state index in [1.165, 1.54) is 0 Å². The van der Waals surface area contributed by atoms with Gasteiger partial charge < -0.3 is 15.4 Å². The first-order valence-electron chi connectivity index (χ1n) is 12.2. The summed E-state index contributed by atoms with van der Waals surface area (Å²) in [6.07, 6.45) is 0. The molecule has 186 valence electrons. The van der Waals surface area contributed by atoms with Crippen LogP contribution in [0.3, 0.4) is 0 Å². The number of nitrogens with zero attached hydrogens (tertiary/aromatic N) is 2. The van der Waals surface area contributed by atoms with Crippen LogP contribution in [0.15, 0.2) is 132 Å². The average Bonchev–Trinajstić information content (AvgIpc) is 2.97. The number of aliphatic imine (C=N–C) groups is 1. The number of pyridine rings is 1. The highest BCUT2D eigenvalue weighted by Crippen LogP contribution is 2.29. The van der Waals surface area contributed by atoms with Gasteiger partial charge in [-0.15, -0.1) is 0 Å². The van der Waals surface area contributed by atoms with Crippen molar-refractivity contribution < 1.29 is 9.53 Å². The molecule has 0 unspecified atom stereocenters. The Morgan fingerprint density at radius 1 is 0.711 bits per heavy atom. The van der Waals surface area contributed by atoms with E-state index < -0.39 is 0 Å². The predicted octanol–water partition coefficient (Wildman–Crippen LogP) is 7.26. The molecule has 0 saturated carbocycles. The van der Waals surface area contributed by atoms with Gasteiger partial charge in [0.1, 0.15) is 11.4 Å². The molecule has 2 N–H and O–H groups in total. The van der Waals surface area contributed by atoms with E-state index in [2.05, 4.69) is 15.6 Å². The van der Waals surface area contributed by atoms with E-state index in [0.717, 1.165) is 22.5 Å². The fourth-order valence-electron chi connectivity index (χ4n) is 3.98. The van der Waals surface area contributed by atoms with Crippen molar-refractivity contribution in [2.75, 3.05) is 17.7 Å². The second kappa shape index (κ2) is 11.7. The predicted molar refractivity (Wildman–Crippen MR) is 153 cm³/mol. The minimum Gasteiger partial charge on any atom is -0.495 e. The average molecular weight is 499 g/mol. The summed E-state index contributed by atoms with van der Waals surface area (Å²) < 4.78 is 5.50. The molecule has 6 heteroatoms. The van der Waals surface area contributed by atoms with E-state index in [9.17, 15) is 4.79 Å². The summed E-state index contributed by atoms with van der Waals surface area (Å²) in [5.74, 6) is 0.738. The van der Waals surface area contributed by atoms with Crippen molar-refractivity contribution in [3.63, 3.8) is 0 Å². The highest BCUT2D eigenvalue weighted by molar-refractivity contribution is 6.14. The Kier molecular flexibility index (Phi) is 7.51. The van der Waals surface area contributed by atoms with Crippen LogP contribution in [0.2, 0.25) is 0 Å². The van der Waals surface area contributed by atoms with E-state index in [0.29, 0.717) is 22.9 Å². The van der Waals surface area contributed by atoms with Crippen molar-refractivity contribution in [3.05, 3.63) is 144 Å². The summed E-state index contributed by atoms with van der Waals surface area (Å²) in [5, 5.41) is 6.27. The molecule has 0 radical (unpaired) electrons. The minimum absolute atomic E-state index is 0.230. The van der Waals surface area contributed by atoms with E-state index in [-0.39, 0.29) is 11.6 Å². The molecule has 0 saturated heterocycles. The number of carbonyl (C=O) groups is 1. The molecule has 6 nitrogen and oxygen atoms in total. The summed E-state index contributed by atoms with van der Waals surface area (Å²) in [6, 6.07) is 40.2. The van der Waals surface area contributed by atoms with Crippen LogP contribution in [0, 0.1) is 0 Å². The monoisotopic (exact) mass is 498 g/mol. The van der Waals surface area contributed by atoms with Crippen LogP contribution in [-0.2, 0) is 0 Å². The highest BCUT2D eigenvalue weighted by atomic mass is 16.5. The Morgan fingerprint density at radius 3 is 1.92 bits per heavy atom. The number of amides is 1. The maximum atomic E-state index is 13.2. The normalized spacial score (nSPS) is 10.3. The summed E-state index contributed by atoms with van der Waals surface area (Å²) in [5.41, 5.74) is 4.97. The number of aromatic nitrogens is 1. The number of ether oxygens (including phenoxy) is 1. The van der Waals surface area contributed by atoms with E-state index in [4.69, 9.17) is 9.73 Å². The Bertz CT molecular complexity index is 1510. The number of anilines is 3. The lowest BCUT2D eigenvalue weighted by molar-refractivity contribution is 0.102. The maximum absolute atomic E-state index is 13.2. The lowest BCUT2D eigenvalue weighted by atomic mass is 10.0.